The highest BCUT2D eigenvalue weighted by atomic mass is 16.5. The summed E-state index contributed by atoms with van der Waals surface area (Å²) in [6.07, 6.45) is 0.163. The Morgan fingerprint density at radius 2 is 1.43 bits per heavy atom. The van der Waals surface area contributed by atoms with Crippen LogP contribution in [-0.4, -0.2) is 19.0 Å². The number of hydrogen-bond donors (Lipinski definition) is 0. The summed E-state index contributed by atoms with van der Waals surface area (Å²) in [5.74, 6) is 0.513. The Balaban J connectivity index is 1.82. The van der Waals surface area contributed by atoms with Crippen molar-refractivity contribution in [1.29, 1.82) is 0 Å². The van der Waals surface area contributed by atoms with Crippen LogP contribution >= 0.6 is 0 Å². The average molecular weight is 314 g/mol. The second-order valence-corrected chi connectivity index (χ2v) is 4.92. The summed E-state index contributed by atoms with van der Waals surface area (Å²) in [7, 11) is 1.60. The fraction of sp³-hybridized carbons (Fsp3) is 0.222. The van der Waals surface area contributed by atoms with Crippen molar-refractivity contribution in [3.8, 4) is 11.5 Å². The predicted molar refractivity (Wildman–Crippen MR) is 84.2 cm³/mol. The average Bonchev–Trinajstić information content (AvgIpc) is 2.55. The van der Waals surface area contributed by atoms with Crippen molar-refractivity contribution in [3.05, 3.63) is 59.7 Å². The molecule has 0 unspecified atom stereocenters. The minimum Gasteiger partial charge on any atom is -0.497 e. The molecule has 0 spiro atoms. The van der Waals surface area contributed by atoms with Crippen LogP contribution in [0.15, 0.2) is 48.5 Å². The van der Waals surface area contributed by atoms with Gasteiger partial charge < -0.3 is 14.2 Å². The first-order valence-electron chi connectivity index (χ1n) is 7.13. The Morgan fingerprint density at radius 1 is 0.870 bits per heavy atom. The Hall–Kier alpha value is -2.82. The Morgan fingerprint density at radius 3 is 2.00 bits per heavy atom. The molecular formula is C18H18O5. The minimum atomic E-state index is -0.378. The second kappa shape index (κ2) is 7.98. The molecule has 0 heterocycles. The standard InChI is InChI=1S/C18H18O5/c1-13(19)23-17-9-3-14(4-10-17)11-18(20)22-12-15-5-7-16(21-2)8-6-15/h3-10H,11-12H2,1-2H3. The van der Waals surface area contributed by atoms with Crippen LogP contribution < -0.4 is 9.47 Å². The summed E-state index contributed by atoms with van der Waals surface area (Å²) >= 11 is 0. The molecular weight excluding hydrogens is 296 g/mol. The number of carbonyl (C=O) groups excluding carboxylic acids is 2. The van der Waals surface area contributed by atoms with Gasteiger partial charge in [-0.1, -0.05) is 24.3 Å². The van der Waals surface area contributed by atoms with Crippen LogP contribution in [0.4, 0.5) is 0 Å². The maximum atomic E-state index is 11.8. The highest BCUT2D eigenvalue weighted by Crippen LogP contribution is 2.14. The number of benzene rings is 2. The van der Waals surface area contributed by atoms with E-state index in [9.17, 15) is 9.59 Å². The molecule has 0 aliphatic heterocycles. The first-order valence-corrected chi connectivity index (χ1v) is 7.13. The molecule has 0 aliphatic carbocycles. The summed E-state index contributed by atoms with van der Waals surface area (Å²) in [6.45, 7) is 1.55. The molecule has 2 aromatic carbocycles. The number of carbonyl (C=O) groups is 2. The summed E-state index contributed by atoms with van der Waals surface area (Å²) in [6, 6.07) is 14.1. The van der Waals surface area contributed by atoms with Gasteiger partial charge in [-0.15, -0.1) is 0 Å². The molecule has 0 fully saturated rings. The zero-order valence-electron chi connectivity index (χ0n) is 13.1. The lowest BCUT2D eigenvalue weighted by molar-refractivity contribution is -0.144. The van der Waals surface area contributed by atoms with E-state index in [2.05, 4.69) is 0 Å². The largest absolute Gasteiger partial charge is 0.497 e. The molecule has 0 bridgehead atoms. The molecule has 0 N–H and O–H groups in total. The van der Waals surface area contributed by atoms with Crippen molar-refractivity contribution in [2.24, 2.45) is 0 Å². The fourth-order valence-electron chi connectivity index (χ4n) is 1.94. The summed E-state index contributed by atoms with van der Waals surface area (Å²) in [4.78, 5) is 22.7. The zero-order chi connectivity index (χ0) is 16.7. The number of esters is 2. The molecule has 0 saturated carbocycles. The highest BCUT2D eigenvalue weighted by molar-refractivity contribution is 5.73. The van der Waals surface area contributed by atoms with Crippen LogP contribution in [0.3, 0.4) is 0 Å². The van der Waals surface area contributed by atoms with Gasteiger partial charge in [0.1, 0.15) is 18.1 Å². The summed E-state index contributed by atoms with van der Waals surface area (Å²) in [5, 5.41) is 0. The first kappa shape index (κ1) is 16.5. The van der Waals surface area contributed by atoms with E-state index in [-0.39, 0.29) is 25.0 Å². The maximum absolute atomic E-state index is 11.8. The lowest BCUT2D eigenvalue weighted by Gasteiger charge is -2.07. The van der Waals surface area contributed by atoms with E-state index >= 15 is 0 Å². The number of rotatable bonds is 6. The van der Waals surface area contributed by atoms with Gasteiger partial charge in [-0.25, -0.2) is 0 Å². The molecule has 2 aromatic rings. The van der Waals surface area contributed by atoms with Crippen molar-refractivity contribution < 1.29 is 23.8 Å². The smallest absolute Gasteiger partial charge is 0.310 e. The summed E-state index contributed by atoms with van der Waals surface area (Å²) < 4.78 is 15.2. The topological polar surface area (TPSA) is 61.8 Å². The van der Waals surface area contributed by atoms with Crippen LogP contribution in [-0.2, 0) is 27.4 Å². The van der Waals surface area contributed by atoms with Crippen LogP contribution in [0.25, 0.3) is 0 Å². The van der Waals surface area contributed by atoms with Gasteiger partial charge >= 0.3 is 11.9 Å². The van der Waals surface area contributed by atoms with Crippen LogP contribution in [0.2, 0.25) is 0 Å². The zero-order valence-corrected chi connectivity index (χ0v) is 13.1. The Labute approximate surface area is 134 Å². The third kappa shape index (κ3) is 5.47. The van der Waals surface area contributed by atoms with Crippen LogP contribution in [0.5, 0.6) is 11.5 Å². The lowest BCUT2D eigenvalue weighted by atomic mass is 10.1. The quantitative estimate of drug-likeness (QED) is 0.606. The van der Waals surface area contributed by atoms with Gasteiger partial charge in [0, 0.05) is 6.92 Å². The second-order valence-electron chi connectivity index (χ2n) is 4.92. The van der Waals surface area contributed by atoms with Crippen molar-refractivity contribution in [1.82, 2.24) is 0 Å². The maximum Gasteiger partial charge on any atom is 0.310 e. The molecule has 0 radical (unpaired) electrons. The van der Waals surface area contributed by atoms with Crippen molar-refractivity contribution in [2.45, 2.75) is 20.0 Å². The first-order chi connectivity index (χ1) is 11.1. The predicted octanol–water partition coefficient (Wildman–Crippen LogP) is 2.91. The normalized spacial score (nSPS) is 10.0. The molecule has 0 amide bonds. The third-order valence-electron chi connectivity index (χ3n) is 3.09. The minimum absolute atomic E-state index is 0.163. The van der Waals surface area contributed by atoms with E-state index in [0.717, 1.165) is 16.9 Å². The van der Waals surface area contributed by atoms with E-state index in [1.807, 2.05) is 24.3 Å². The van der Waals surface area contributed by atoms with E-state index in [4.69, 9.17) is 14.2 Å². The van der Waals surface area contributed by atoms with Gasteiger partial charge in [-0.2, -0.15) is 0 Å². The lowest BCUT2D eigenvalue weighted by Crippen LogP contribution is -2.08. The molecule has 120 valence electrons. The van der Waals surface area contributed by atoms with Crippen LogP contribution in [0, 0.1) is 0 Å². The molecule has 2 rings (SSSR count). The highest BCUT2D eigenvalue weighted by Gasteiger charge is 2.06. The fourth-order valence-corrected chi connectivity index (χ4v) is 1.94. The molecule has 0 aliphatic rings. The number of ether oxygens (including phenoxy) is 3. The molecule has 23 heavy (non-hydrogen) atoms. The third-order valence-corrected chi connectivity index (χ3v) is 3.09. The van der Waals surface area contributed by atoms with E-state index in [1.165, 1.54) is 6.92 Å². The molecule has 0 atom stereocenters. The number of hydrogen-bond acceptors (Lipinski definition) is 5. The van der Waals surface area contributed by atoms with Gasteiger partial charge in [0.25, 0.3) is 0 Å². The monoisotopic (exact) mass is 314 g/mol. The number of methoxy groups -OCH3 is 1. The van der Waals surface area contributed by atoms with E-state index in [1.54, 1.807) is 31.4 Å². The molecule has 5 nitrogen and oxygen atoms in total. The Kier molecular flexibility index (Phi) is 5.74. The molecule has 0 aromatic heterocycles. The Bertz CT molecular complexity index is 659. The van der Waals surface area contributed by atoms with Gasteiger partial charge in [-0.05, 0) is 35.4 Å². The van der Waals surface area contributed by atoms with E-state index < -0.39 is 0 Å². The van der Waals surface area contributed by atoms with Gasteiger partial charge in [0.15, 0.2) is 0 Å². The molecule has 0 saturated heterocycles. The van der Waals surface area contributed by atoms with Gasteiger partial charge in [-0.3, -0.25) is 9.59 Å². The van der Waals surface area contributed by atoms with Crippen molar-refractivity contribution in [3.63, 3.8) is 0 Å². The van der Waals surface area contributed by atoms with Crippen molar-refractivity contribution >= 4 is 11.9 Å². The van der Waals surface area contributed by atoms with Gasteiger partial charge in [0.2, 0.25) is 0 Å². The van der Waals surface area contributed by atoms with Crippen molar-refractivity contribution in [2.75, 3.05) is 7.11 Å². The van der Waals surface area contributed by atoms with Crippen LogP contribution in [0.1, 0.15) is 18.1 Å². The van der Waals surface area contributed by atoms with E-state index in [0.29, 0.717) is 5.75 Å². The van der Waals surface area contributed by atoms with Gasteiger partial charge in [0.05, 0.1) is 13.5 Å². The summed E-state index contributed by atoms with van der Waals surface area (Å²) in [5.41, 5.74) is 1.69. The SMILES string of the molecule is COc1ccc(COC(=O)Cc2ccc(OC(C)=O)cc2)cc1. The molecule has 5 heteroatoms.